The molecule has 128 valence electrons. The standard InChI is InChI=1S/C17H14FN3O4/c1-23-10-7-8-13(14(9-10)24-2)19-15(22)17-21-20-16(25-17)11-5-3-4-6-12(11)18/h3-9H,1-2H3,(H,19,22). The Labute approximate surface area is 142 Å². The minimum Gasteiger partial charge on any atom is -0.497 e. The van der Waals surface area contributed by atoms with Crippen LogP contribution in [0.3, 0.4) is 0 Å². The van der Waals surface area contributed by atoms with Crippen LogP contribution in [0.5, 0.6) is 11.5 Å². The van der Waals surface area contributed by atoms with Gasteiger partial charge in [0.1, 0.15) is 17.3 Å². The molecule has 7 nitrogen and oxygen atoms in total. The fraction of sp³-hybridized carbons (Fsp3) is 0.118. The Morgan fingerprint density at radius 3 is 2.64 bits per heavy atom. The number of ether oxygens (including phenoxy) is 2. The average Bonchev–Trinajstić information content (AvgIpc) is 3.12. The molecule has 0 fully saturated rings. The zero-order chi connectivity index (χ0) is 17.8. The zero-order valence-electron chi connectivity index (χ0n) is 13.4. The van der Waals surface area contributed by atoms with Crippen molar-refractivity contribution in [2.24, 2.45) is 0 Å². The van der Waals surface area contributed by atoms with Gasteiger partial charge >= 0.3 is 11.8 Å². The van der Waals surface area contributed by atoms with E-state index in [0.717, 1.165) is 0 Å². The summed E-state index contributed by atoms with van der Waals surface area (Å²) in [5, 5.41) is 9.97. The minimum absolute atomic E-state index is 0.0788. The summed E-state index contributed by atoms with van der Waals surface area (Å²) in [5.74, 6) is -0.550. The molecule has 0 aliphatic rings. The van der Waals surface area contributed by atoms with Crippen LogP contribution in [0.15, 0.2) is 46.9 Å². The number of rotatable bonds is 5. The molecule has 0 aliphatic carbocycles. The number of hydrogen-bond donors (Lipinski definition) is 1. The highest BCUT2D eigenvalue weighted by atomic mass is 19.1. The molecular weight excluding hydrogens is 329 g/mol. The molecule has 2 aromatic carbocycles. The molecule has 0 atom stereocenters. The van der Waals surface area contributed by atoms with Gasteiger partial charge in [-0.15, -0.1) is 10.2 Å². The number of anilines is 1. The van der Waals surface area contributed by atoms with Crippen LogP contribution >= 0.6 is 0 Å². The molecule has 0 bridgehead atoms. The minimum atomic E-state index is -0.640. The molecule has 0 aliphatic heterocycles. The lowest BCUT2D eigenvalue weighted by molar-refractivity contribution is 0.0990. The van der Waals surface area contributed by atoms with E-state index in [-0.39, 0.29) is 17.3 Å². The van der Waals surface area contributed by atoms with E-state index in [1.165, 1.54) is 26.4 Å². The van der Waals surface area contributed by atoms with E-state index >= 15 is 0 Å². The summed E-state index contributed by atoms with van der Waals surface area (Å²) < 4.78 is 29.3. The predicted molar refractivity (Wildman–Crippen MR) is 87.2 cm³/mol. The summed E-state index contributed by atoms with van der Waals surface area (Å²) in [6.45, 7) is 0. The van der Waals surface area contributed by atoms with E-state index in [0.29, 0.717) is 17.2 Å². The molecule has 1 aromatic heterocycles. The number of nitrogens with one attached hydrogen (secondary N) is 1. The quantitative estimate of drug-likeness (QED) is 0.766. The van der Waals surface area contributed by atoms with Crippen LogP contribution in [-0.2, 0) is 0 Å². The van der Waals surface area contributed by atoms with Crippen molar-refractivity contribution in [2.75, 3.05) is 19.5 Å². The van der Waals surface area contributed by atoms with E-state index in [2.05, 4.69) is 15.5 Å². The molecule has 8 heteroatoms. The fourth-order valence-corrected chi connectivity index (χ4v) is 2.14. The van der Waals surface area contributed by atoms with Crippen LogP contribution < -0.4 is 14.8 Å². The van der Waals surface area contributed by atoms with E-state index in [9.17, 15) is 9.18 Å². The highest BCUT2D eigenvalue weighted by molar-refractivity contribution is 6.01. The highest BCUT2D eigenvalue weighted by Gasteiger charge is 2.19. The second-order valence-corrected chi connectivity index (χ2v) is 4.91. The molecule has 0 saturated carbocycles. The Hall–Kier alpha value is -3.42. The maximum absolute atomic E-state index is 13.7. The van der Waals surface area contributed by atoms with Crippen molar-refractivity contribution in [3.63, 3.8) is 0 Å². The number of carbonyl (C=O) groups excluding carboxylic acids is 1. The van der Waals surface area contributed by atoms with Gasteiger partial charge in [-0.3, -0.25) is 4.79 Å². The van der Waals surface area contributed by atoms with Crippen molar-refractivity contribution in [3.05, 3.63) is 54.2 Å². The van der Waals surface area contributed by atoms with Crippen LogP contribution in [0.1, 0.15) is 10.7 Å². The van der Waals surface area contributed by atoms with Crippen LogP contribution in [0.25, 0.3) is 11.5 Å². The molecule has 1 amide bonds. The van der Waals surface area contributed by atoms with Gasteiger partial charge in [-0.05, 0) is 24.3 Å². The lowest BCUT2D eigenvalue weighted by atomic mass is 10.2. The number of amides is 1. The molecule has 0 radical (unpaired) electrons. The first-order chi connectivity index (χ1) is 12.1. The van der Waals surface area contributed by atoms with Gasteiger partial charge in [-0.25, -0.2) is 4.39 Å². The lowest BCUT2D eigenvalue weighted by Gasteiger charge is -2.10. The molecule has 0 unspecified atom stereocenters. The van der Waals surface area contributed by atoms with Gasteiger partial charge in [-0.2, -0.15) is 0 Å². The monoisotopic (exact) mass is 343 g/mol. The SMILES string of the molecule is COc1ccc(NC(=O)c2nnc(-c3ccccc3F)o2)c(OC)c1. The van der Waals surface area contributed by atoms with Gasteiger partial charge in [0.15, 0.2) is 0 Å². The predicted octanol–water partition coefficient (Wildman–Crippen LogP) is 3.15. The van der Waals surface area contributed by atoms with Crippen molar-refractivity contribution in [1.82, 2.24) is 10.2 Å². The van der Waals surface area contributed by atoms with E-state index in [4.69, 9.17) is 13.9 Å². The fourth-order valence-electron chi connectivity index (χ4n) is 2.14. The smallest absolute Gasteiger partial charge is 0.313 e. The van der Waals surface area contributed by atoms with E-state index < -0.39 is 11.7 Å². The number of methoxy groups -OCH3 is 2. The second-order valence-electron chi connectivity index (χ2n) is 4.91. The normalized spacial score (nSPS) is 10.4. The van der Waals surface area contributed by atoms with Crippen molar-refractivity contribution < 1.29 is 23.1 Å². The van der Waals surface area contributed by atoms with Crippen LogP contribution in [0.2, 0.25) is 0 Å². The molecule has 25 heavy (non-hydrogen) atoms. The Bertz CT molecular complexity index is 910. The number of hydrogen-bond acceptors (Lipinski definition) is 6. The third-order valence-electron chi connectivity index (χ3n) is 3.38. The Morgan fingerprint density at radius 2 is 1.92 bits per heavy atom. The van der Waals surface area contributed by atoms with Crippen LogP contribution in [-0.4, -0.2) is 30.3 Å². The molecule has 0 spiro atoms. The van der Waals surface area contributed by atoms with Gasteiger partial charge in [0.05, 0.1) is 25.5 Å². The summed E-state index contributed by atoms with van der Waals surface area (Å²) in [6.07, 6.45) is 0. The van der Waals surface area contributed by atoms with E-state index in [1.807, 2.05) is 0 Å². The van der Waals surface area contributed by atoms with Crippen LogP contribution in [0, 0.1) is 5.82 Å². The first-order valence-corrected chi connectivity index (χ1v) is 7.24. The third kappa shape index (κ3) is 3.42. The number of benzene rings is 2. The van der Waals surface area contributed by atoms with Crippen molar-refractivity contribution in [2.45, 2.75) is 0 Å². The number of halogens is 1. The largest absolute Gasteiger partial charge is 0.497 e. The summed E-state index contributed by atoms with van der Waals surface area (Å²) in [4.78, 5) is 12.3. The van der Waals surface area contributed by atoms with Gasteiger partial charge in [-0.1, -0.05) is 12.1 Å². The second kappa shape index (κ2) is 7.00. The van der Waals surface area contributed by atoms with Gasteiger partial charge < -0.3 is 19.2 Å². The van der Waals surface area contributed by atoms with E-state index in [1.54, 1.807) is 30.3 Å². The zero-order valence-corrected chi connectivity index (χ0v) is 13.4. The molecule has 3 aromatic rings. The van der Waals surface area contributed by atoms with Crippen molar-refractivity contribution in [1.29, 1.82) is 0 Å². The highest BCUT2D eigenvalue weighted by Crippen LogP contribution is 2.29. The number of carbonyl (C=O) groups is 1. The number of aromatic nitrogens is 2. The lowest BCUT2D eigenvalue weighted by Crippen LogP contribution is -2.13. The molecule has 0 saturated heterocycles. The molecule has 1 N–H and O–H groups in total. The summed E-state index contributed by atoms with van der Waals surface area (Å²) in [6, 6.07) is 10.8. The van der Waals surface area contributed by atoms with Crippen molar-refractivity contribution in [3.8, 4) is 23.0 Å². The van der Waals surface area contributed by atoms with Gasteiger partial charge in [0, 0.05) is 6.07 Å². The van der Waals surface area contributed by atoms with Gasteiger partial charge in [0.2, 0.25) is 0 Å². The first-order valence-electron chi connectivity index (χ1n) is 7.24. The van der Waals surface area contributed by atoms with Crippen molar-refractivity contribution >= 4 is 11.6 Å². The summed E-state index contributed by atoms with van der Waals surface area (Å²) >= 11 is 0. The maximum Gasteiger partial charge on any atom is 0.313 e. The Morgan fingerprint density at radius 1 is 1.12 bits per heavy atom. The first kappa shape index (κ1) is 16.4. The van der Waals surface area contributed by atoms with Crippen LogP contribution in [0.4, 0.5) is 10.1 Å². The maximum atomic E-state index is 13.7. The average molecular weight is 343 g/mol. The molecule has 1 heterocycles. The Kier molecular flexibility index (Phi) is 4.60. The summed E-state index contributed by atoms with van der Waals surface area (Å²) in [7, 11) is 2.99. The third-order valence-corrected chi connectivity index (χ3v) is 3.38. The topological polar surface area (TPSA) is 86.5 Å². The molecular formula is C17H14FN3O4. The van der Waals surface area contributed by atoms with Gasteiger partial charge in [0.25, 0.3) is 5.89 Å². The molecule has 3 rings (SSSR count). The Balaban J connectivity index is 1.82. The number of nitrogens with zero attached hydrogens (tertiary/aromatic N) is 2. The summed E-state index contributed by atoms with van der Waals surface area (Å²) in [5.41, 5.74) is 0.523.